The first kappa shape index (κ1) is 14.1. The number of morpholine rings is 1. The van der Waals surface area contributed by atoms with Gasteiger partial charge in [-0.15, -0.1) is 23.7 Å². The molecule has 2 aromatic rings. The summed E-state index contributed by atoms with van der Waals surface area (Å²) in [5, 5.41) is 2.07. The Hall–Kier alpha value is -0.320. The maximum Gasteiger partial charge on any atom is 0.0594 e. The molecule has 3 rings (SSSR count). The lowest BCUT2D eigenvalue weighted by Crippen LogP contribution is -2.35. The number of thiophene rings is 1. The van der Waals surface area contributed by atoms with Crippen LogP contribution in [0.3, 0.4) is 0 Å². The van der Waals surface area contributed by atoms with Gasteiger partial charge in [0, 0.05) is 34.2 Å². The van der Waals surface area contributed by atoms with E-state index in [4.69, 9.17) is 16.3 Å². The molecule has 0 radical (unpaired) electrons. The van der Waals surface area contributed by atoms with Crippen molar-refractivity contribution in [2.24, 2.45) is 0 Å². The summed E-state index contributed by atoms with van der Waals surface area (Å²) in [7, 11) is 0. The second kappa shape index (κ2) is 6.22. The first-order valence-corrected chi connectivity index (χ1v) is 6.99. The molecule has 1 aromatic carbocycles. The summed E-state index contributed by atoms with van der Waals surface area (Å²) >= 11 is 7.86. The van der Waals surface area contributed by atoms with Crippen molar-refractivity contribution in [2.75, 3.05) is 26.3 Å². The summed E-state index contributed by atoms with van der Waals surface area (Å²) in [6.07, 6.45) is 0. The smallest absolute Gasteiger partial charge is 0.0594 e. The van der Waals surface area contributed by atoms with E-state index in [-0.39, 0.29) is 12.4 Å². The summed E-state index contributed by atoms with van der Waals surface area (Å²) in [5.41, 5.74) is 0. The van der Waals surface area contributed by atoms with Gasteiger partial charge in [-0.2, -0.15) is 0 Å². The highest BCUT2D eigenvalue weighted by Gasteiger charge is 2.12. The molecule has 0 amide bonds. The predicted molar refractivity (Wildman–Crippen MR) is 80.2 cm³/mol. The Balaban J connectivity index is 0.00000120. The van der Waals surface area contributed by atoms with Crippen molar-refractivity contribution in [3.63, 3.8) is 0 Å². The van der Waals surface area contributed by atoms with Crippen LogP contribution in [-0.2, 0) is 11.3 Å². The summed E-state index contributed by atoms with van der Waals surface area (Å²) in [5.74, 6) is 0. The normalized spacial score (nSPS) is 16.7. The van der Waals surface area contributed by atoms with Crippen LogP contribution in [0.5, 0.6) is 0 Å². The Labute approximate surface area is 122 Å². The van der Waals surface area contributed by atoms with Crippen LogP contribution in [0.25, 0.3) is 10.1 Å². The molecule has 18 heavy (non-hydrogen) atoms. The quantitative estimate of drug-likeness (QED) is 0.836. The number of hydrogen-bond acceptors (Lipinski definition) is 3. The second-order valence-electron chi connectivity index (χ2n) is 4.28. The molecular formula is C13H15Cl2NOS. The summed E-state index contributed by atoms with van der Waals surface area (Å²) in [4.78, 5) is 3.85. The Morgan fingerprint density at radius 2 is 2.00 bits per heavy atom. The zero-order valence-corrected chi connectivity index (χ0v) is 12.3. The summed E-state index contributed by atoms with van der Waals surface area (Å²) in [6, 6.07) is 8.35. The molecule has 1 saturated heterocycles. The third-order valence-electron chi connectivity index (χ3n) is 3.01. The number of rotatable bonds is 2. The van der Waals surface area contributed by atoms with Gasteiger partial charge < -0.3 is 4.74 Å². The molecule has 1 fully saturated rings. The van der Waals surface area contributed by atoms with Crippen molar-refractivity contribution < 1.29 is 4.74 Å². The zero-order chi connectivity index (χ0) is 11.7. The van der Waals surface area contributed by atoms with Gasteiger partial charge in [-0.05, 0) is 29.7 Å². The van der Waals surface area contributed by atoms with Crippen molar-refractivity contribution >= 4 is 45.4 Å². The third-order valence-corrected chi connectivity index (χ3v) is 4.35. The van der Waals surface area contributed by atoms with Crippen LogP contribution in [0.1, 0.15) is 4.88 Å². The predicted octanol–water partition coefficient (Wildman–Crippen LogP) is 3.81. The maximum absolute atomic E-state index is 6.00. The van der Waals surface area contributed by atoms with Crippen LogP contribution in [-0.4, -0.2) is 31.2 Å². The van der Waals surface area contributed by atoms with Gasteiger partial charge in [0.15, 0.2) is 0 Å². The number of ether oxygens (including phenoxy) is 1. The Bertz CT molecular complexity index is 523. The standard InChI is InChI=1S/C13H14ClNOS.ClH/c14-11-1-2-13-10(7-11)8-12(17-13)9-15-3-5-16-6-4-15;/h1-2,7-8H,3-6,9H2;1H. The number of nitrogens with zero attached hydrogens (tertiary/aromatic N) is 1. The molecule has 0 aliphatic carbocycles. The summed E-state index contributed by atoms with van der Waals surface area (Å²) < 4.78 is 6.67. The Morgan fingerprint density at radius 3 is 2.78 bits per heavy atom. The zero-order valence-electron chi connectivity index (χ0n) is 9.89. The van der Waals surface area contributed by atoms with Gasteiger partial charge in [-0.3, -0.25) is 4.90 Å². The van der Waals surface area contributed by atoms with Crippen LogP contribution in [0.4, 0.5) is 0 Å². The molecule has 0 saturated carbocycles. The molecular weight excluding hydrogens is 289 g/mol. The van der Waals surface area contributed by atoms with E-state index in [0.29, 0.717) is 0 Å². The highest BCUT2D eigenvalue weighted by Crippen LogP contribution is 2.28. The lowest BCUT2D eigenvalue weighted by molar-refractivity contribution is 0.0346. The van der Waals surface area contributed by atoms with Gasteiger partial charge in [0.05, 0.1) is 13.2 Å². The van der Waals surface area contributed by atoms with Crippen molar-refractivity contribution in [1.82, 2.24) is 4.90 Å². The molecule has 1 aromatic heterocycles. The highest BCUT2D eigenvalue weighted by molar-refractivity contribution is 7.19. The van der Waals surface area contributed by atoms with E-state index < -0.39 is 0 Å². The molecule has 2 nitrogen and oxygen atoms in total. The van der Waals surface area contributed by atoms with E-state index >= 15 is 0 Å². The lowest BCUT2D eigenvalue weighted by Gasteiger charge is -2.25. The monoisotopic (exact) mass is 303 g/mol. The van der Waals surface area contributed by atoms with Gasteiger partial charge in [0.2, 0.25) is 0 Å². The minimum atomic E-state index is 0. The summed E-state index contributed by atoms with van der Waals surface area (Å²) in [6.45, 7) is 4.82. The number of halogens is 2. The largest absolute Gasteiger partial charge is 0.379 e. The van der Waals surface area contributed by atoms with Crippen molar-refractivity contribution in [1.29, 1.82) is 0 Å². The van der Waals surface area contributed by atoms with E-state index in [1.165, 1.54) is 15.0 Å². The molecule has 0 unspecified atom stereocenters. The van der Waals surface area contributed by atoms with E-state index in [9.17, 15) is 0 Å². The molecule has 1 aliphatic rings. The molecule has 2 heterocycles. The third kappa shape index (κ3) is 3.16. The topological polar surface area (TPSA) is 12.5 Å². The van der Waals surface area contributed by atoms with Crippen LogP contribution in [0, 0.1) is 0 Å². The van der Waals surface area contributed by atoms with Crippen LogP contribution in [0.15, 0.2) is 24.3 Å². The van der Waals surface area contributed by atoms with Gasteiger partial charge >= 0.3 is 0 Å². The molecule has 1 aliphatic heterocycles. The molecule has 0 N–H and O–H groups in total. The fraction of sp³-hybridized carbons (Fsp3) is 0.385. The van der Waals surface area contributed by atoms with Gasteiger partial charge in [-0.1, -0.05) is 11.6 Å². The van der Waals surface area contributed by atoms with Crippen LogP contribution in [0.2, 0.25) is 5.02 Å². The molecule has 5 heteroatoms. The van der Waals surface area contributed by atoms with Crippen molar-refractivity contribution in [3.05, 3.63) is 34.2 Å². The Morgan fingerprint density at radius 1 is 1.22 bits per heavy atom. The van der Waals surface area contributed by atoms with Gasteiger partial charge in [-0.25, -0.2) is 0 Å². The average Bonchev–Trinajstić information content (AvgIpc) is 2.71. The minimum Gasteiger partial charge on any atom is -0.379 e. The van der Waals surface area contributed by atoms with Crippen LogP contribution >= 0.6 is 35.3 Å². The highest BCUT2D eigenvalue weighted by atomic mass is 35.5. The van der Waals surface area contributed by atoms with E-state index in [2.05, 4.69) is 17.0 Å². The maximum atomic E-state index is 6.00. The first-order valence-electron chi connectivity index (χ1n) is 5.79. The molecule has 0 spiro atoms. The number of benzene rings is 1. The van der Waals surface area contributed by atoms with Gasteiger partial charge in [0.1, 0.15) is 0 Å². The first-order chi connectivity index (χ1) is 8.31. The minimum absolute atomic E-state index is 0. The fourth-order valence-electron chi connectivity index (χ4n) is 2.13. The number of fused-ring (bicyclic) bond motifs is 1. The average molecular weight is 304 g/mol. The SMILES string of the molecule is Cl.Clc1ccc2sc(CN3CCOCC3)cc2c1. The second-order valence-corrected chi connectivity index (χ2v) is 5.89. The van der Waals surface area contributed by atoms with E-state index in [1.807, 2.05) is 23.5 Å². The van der Waals surface area contributed by atoms with Crippen LogP contribution < -0.4 is 0 Å². The molecule has 0 atom stereocenters. The lowest BCUT2D eigenvalue weighted by atomic mass is 10.2. The van der Waals surface area contributed by atoms with Crippen molar-refractivity contribution in [2.45, 2.75) is 6.54 Å². The molecule has 0 bridgehead atoms. The fourth-order valence-corrected chi connectivity index (χ4v) is 3.39. The molecule has 98 valence electrons. The Kier molecular flexibility index (Phi) is 4.87. The van der Waals surface area contributed by atoms with Gasteiger partial charge in [0.25, 0.3) is 0 Å². The van der Waals surface area contributed by atoms with E-state index in [1.54, 1.807) is 0 Å². The van der Waals surface area contributed by atoms with Crippen molar-refractivity contribution in [3.8, 4) is 0 Å². The van der Waals surface area contributed by atoms with E-state index in [0.717, 1.165) is 37.9 Å². The number of hydrogen-bond donors (Lipinski definition) is 0.